The van der Waals surface area contributed by atoms with Crippen molar-refractivity contribution in [2.75, 3.05) is 26.2 Å². The number of benzene rings is 1. The molecule has 1 heterocycles. The van der Waals surface area contributed by atoms with E-state index in [9.17, 15) is 5.11 Å². The summed E-state index contributed by atoms with van der Waals surface area (Å²) in [7, 11) is 0. The lowest BCUT2D eigenvalue weighted by atomic mass is 9.86. The summed E-state index contributed by atoms with van der Waals surface area (Å²) in [4.78, 5) is 2.46. The number of hydrogen-bond donors (Lipinski definition) is 1. The van der Waals surface area contributed by atoms with Gasteiger partial charge in [-0.15, -0.1) is 0 Å². The maximum Gasteiger partial charge on any atom is 0.125 e. The number of para-hydroxylation sites is 1. The third-order valence-corrected chi connectivity index (χ3v) is 4.13. The van der Waals surface area contributed by atoms with Crippen molar-refractivity contribution in [2.24, 2.45) is 0 Å². The minimum Gasteiger partial charge on any atom is -0.493 e. The molecule has 1 N–H and O–H groups in total. The number of ether oxygens (including phenoxy) is 1. The van der Waals surface area contributed by atoms with E-state index in [4.69, 9.17) is 4.74 Å². The Morgan fingerprint density at radius 2 is 2.00 bits per heavy atom. The predicted octanol–water partition coefficient (Wildman–Crippen LogP) is 3.17. The van der Waals surface area contributed by atoms with Crippen molar-refractivity contribution in [3.63, 3.8) is 0 Å². The van der Waals surface area contributed by atoms with Crippen molar-refractivity contribution < 1.29 is 9.84 Å². The molecule has 1 saturated heterocycles. The van der Waals surface area contributed by atoms with Gasteiger partial charge in [0.15, 0.2) is 0 Å². The minimum absolute atomic E-state index is 0.634. The van der Waals surface area contributed by atoms with E-state index in [0.717, 1.165) is 50.2 Å². The summed E-state index contributed by atoms with van der Waals surface area (Å²) >= 11 is 0. The fraction of sp³-hybridized carbons (Fsp3) is 0.647. The van der Waals surface area contributed by atoms with Crippen LogP contribution < -0.4 is 4.74 Å². The topological polar surface area (TPSA) is 32.7 Å². The second-order valence-corrected chi connectivity index (χ2v) is 5.66. The lowest BCUT2D eigenvalue weighted by Gasteiger charge is -2.29. The molecular formula is C17H27NO2. The summed E-state index contributed by atoms with van der Waals surface area (Å²) in [6.45, 7) is 8.01. The average Bonchev–Trinajstić information content (AvgIpc) is 2.64. The van der Waals surface area contributed by atoms with Gasteiger partial charge in [-0.2, -0.15) is 0 Å². The Kier molecular flexibility index (Phi) is 5.44. The molecule has 1 aromatic rings. The molecule has 0 amide bonds. The van der Waals surface area contributed by atoms with E-state index in [1.807, 2.05) is 31.2 Å². The first-order chi connectivity index (χ1) is 9.69. The summed E-state index contributed by atoms with van der Waals surface area (Å²) < 4.78 is 5.70. The molecule has 20 heavy (non-hydrogen) atoms. The molecule has 0 aromatic heterocycles. The van der Waals surface area contributed by atoms with Gasteiger partial charge in [0, 0.05) is 12.1 Å². The summed E-state index contributed by atoms with van der Waals surface area (Å²) in [5.41, 5.74) is 0.217. The minimum atomic E-state index is -0.742. The Morgan fingerprint density at radius 1 is 1.20 bits per heavy atom. The van der Waals surface area contributed by atoms with Crippen molar-refractivity contribution in [1.82, 2.24) is 4.90 Å². The zero-order chi connectivity index (χ0) is 14.4. The highest BCUT2D eigenvalue weighted by Crippen LogP contribution is 2.38. The Balaban J connectivity index is 2.17. The van der Waals surface area contributed by atoms with Crippen molar-refractivity contribution in [1.29, 1.82) is 0 Å². The monoisotopic (exact) mass is 277 g/mol. The van der Waals surface area contributed by atoms with Gasteiger partial charge in [0.2, 0.25) is 0 Å². The molecule has 0 bridgehead atoms. The maximum atomic E-state index is 11.1. The molecule has 1 unspecified atom stereocenters. The number of aliphatic hydroxyl groups is 1. The van der Waals surface area contributed by atoms with Crippen LogP contribution in [0.4, 0.5) is 0 Å². The number of likely N-dealkylation sites (tertiary alicyclic amines) is 1. The lowest BCUT2D eigenvalue weighted by Crippen LogP contribution is -2.30. The van der Waals surface area contributed by atoms with Crippen molar-refractivity contribution in [3.05, 3.63) is 29.8 Å². The van der Waals surface area contributed by atoms with Crippen LogP contribution in [0.15, 0.2) is 24.3 Å². The van der Waals surface area contributed by atoms with Gasteiger partial charge in [-0.05, 0) is 51.8 Å². The van der Waals surface area contributed by atoms with Crippen LogP contribution in [-0.2, 0) is 5.60 Å². The van der Waals surface area contributed by atoms with E-state index in [-0.39, 0.29) is 0 Å². The molecule has 0 radical (unpaired) electrons. The van der Waals surface area contributed by atoms with Crippen LogP contribution in [0.1, 0.15) is 45.1 Å². The standard InChI is InChI=1S/C17H27NO2/c1-3-12-18-13-7-10-17(19,11-14-18)15-8-5-6-9-16(15)20-4-2/h5-6,8-9,19H,3-4,7,10-14H2,1-2H3. The van der Waals surface area contributed by atoms with Gasteiger partial charge < -0.3 is 14.7 Å². The first-order valence-corrected chi connectivity index (χ1v) is 7.86. The van der Waals surface area contributed by atoms with E-state index >= 15 is 0 Å². The number of rotatable bonds is 5. The van der Waals surface area contributed by atoms with Crippen molar-refractivity contribution in [2.45, 2.75) is 45.1 Å². The molecule has 0 aliphatic carbocycles. The summed E-state index contributed by atoms with van der Waals surface area (Å²) in [5, 5.41) is 11.1. The highest BCUT2D eigenvalue weighted by atomic mass is 16.5. The fourth-order valence-corrected chi connectivity index (χ4v) is 3.12. The molecule has 2 rings (SSSR count). The predicted molar refractivity (Wildman–Crippen MR) is 82.1 cm³/mol. The summed E-state index contributed by atoms with van der Waals surface area (Å²) in [6, 6.07) is 7.94. The van der Waals surface area contributed by atoms with E-state index in [1.54, 1.807) is 0 Å². The molecule has 0 spiro atoms. The van der Waals surface area contributed by atoms with Crippen molar-refractivity contribution >= 4 is 0 Å². The zero-order valence-corrected chi connectivity index (χ0v) is 12.8. The zero-order valence-electron chi connectivity index (χ0n) is 12.8. The lowest BCUT2D eigenvalue weighted by molar-refractivity contribution is 0.0186. The van der Waals surface area contributed by atoms with Gasteiger partial charge in [0.1, 0.15) is 5.75 Å². The van der Waals surface area contributed by atoms with Crippen LogP contribution in [0.25, 0.3) is 0 Å². The van der Waals surface area contributed by atoms with E-state index < -0.39 is 5.60 Å². The molecule has 1 aliphatic rings. The number of hydrogen-bond acceptors (Lipinski definition) is 3. The van der Waals surface area contributed by atoms with Crippen LogP contribution in [0.5, 0.6) is 5.75 Å². The van der Waals surface area contributed by atoms with Gasteiger partial charge in [-0.3, -0.25) is 0 Å². The van der Waals surface area contributed by atoms with E-state index in [1.165, 1.54) is 6.42 Å². The molecule has 0 saturated carbocycles. The maximum absolute atomic E-state index is 11.1. The SMILES string of the molecule is CCCN1CCCC(O)(c2ccccc2OCC)CC1. The molecule has 1 fully saturated rings. The Hall–Kier alpha value is -1.06. The second kappa shape index (κ2) is 7.09. The quantitative estimate of drug-likeness (QED) is 0.897. The summed E-state index contributed by atoms with van der Waals surface area (Å²) in [6.07, 6.45) is 3.82. The molecule has 1 aromatic carbocycles. The van der Waals surface area contributed by atoms with Crippen LogP contribution in [0.2, 0.25) is 0 Å². The van der Waals surface area contributed by atoms with Crippen LogP contribution in [0.3, 0.4) is 0 Å². The average molecular weight is 277 g/mol. The molecule has 112 valence electrons. The molecule has 3 heteroatoms. The van der Waals surface area contributed by atoms with Crippen LogP contribution in [-0.4, -0.2) is 36.2 Å². The van der Waals surface area contributed by atoms with Crippen molar-refractivity contribution in [3.8, 4) is 5.75 Å². The van der Waals surface area contributed by atoms with Gasteiger partial charge in [0.25, 0.3) is 0 Å². The van der Waals surface area contributed by atoms with E-state index in [0.29, 0.717) is 6.61 Å². The normalized spacial score (nSPS) is 24.4. The van der Waals surface area contributed by atoms with Crippen LogP contribution in [0, 0.1) is 0 Å². The summed E-state index contributed by atoms with van der Waals surface area (Å²) in [5.74, 6) is 0.835. The highest BCUT2D eigenvalue weighted by molar-refractivity contribution is 5.38. The first kappa shape index (κ1) is 15.3. The van der Waals surface area contributed by atoms with Gasteiger partial charge in [-0.1, -0.05) is 25.1 Å². The third-order valence-electron chi connectivity index (χ3n) is 4.13. The van der Waals surface area contributed by atoms with Gasteiger partial charge >= 0.3 is 0 Å². The molecule has 3 nitrogen and oxygen atoms in total. The highest BCUT2D eigenvalue weighted by Gasteiger charge is 2.34. The first-order valence-electron chi connectivity index (χ1n) is 7.86. The Bertz CT molecular complexity index is 421. The fourth-order valence-electron chi connectivity index (χ4n) is 3.12. The largest absolute Gasteiger partial charge is 0.493 e. The molecular weight excluding hydrogens is 250 g/mol. The number of nitrogens with zero attached hydrogens (tertiary/aromatic N) is 1. The van der Waals surface area contributed by atoms with E-state index in [2.05, 4.69) is 11.8 Å². The Labute approximate surface area is 122 Å². The molecule has 1 aliphatic heterocycles. The molecule has 1 atom stereocenters. The Morgan fingerprint density at radius 3 is 2.75 bits per heavy atom. The van der Waals surface area contributed by atoms with Gasteiger partial charge in [0.05, 0.1) is 12.2 Å². The second-order valence-electron chi connectivity index (χ2n) is 5.66. The smallest absolute Gasteiger partial charge is 0.125 e. The third kappa shape index (κ3) is 3.53. The van der Waals surface area contributed by atoms with Gasteiger partial charge in [-0.25, -0.2) is 0 Å². The van der Waals surface area contributed by atoms with Crippen LogP contribution >= 0.6 is 0 Å².